The van der Waals surface area contributed by atoms with Crippen molar-refractivity contribution in [2.75, 3.05) is 5.32 Å². The number of nitrogens with zero attached hydrogens (tertiary/aromatic N) is 2. The highest BCUT2D eigenvalue weighted by atomic mass is 19.4. The van der Waals surface area contributed by atoms with Gasteiger partial charge in [-0.1, -0.05) is 18.2 Å². The fourth-order valence-electron chi connectivity index (χ4n) is 3.88. The third kappa shape index (κ3) is 4.53. The van der Waals surface area contributed by atoms with Crippen LogP contribution in [0.15, 0.2) is 54.9 Å². The maximum atomic E-state index is 13.3. The molecule has 2 N–H and O–H groups in total. The predicted octanol–water partition coefficient (Wildman–Crippen LogP) is 4.80. The molecule has 0 radical (unpaired) electrons. The van der Waals surface area contributed by atoms with Gasteiger partial charge in [0, 0.05) is 41.1 Å². The van der Waals surface area contributed by atoms with Gasteiger partial charge in [0.25, 0.3) is 5.91 Å². The molecule has 0 spiro atoms. The zero-order valence-electron chi connectivity index (χ0n) is 16.1. The monoisotopic (exact) mass is 414 g/mol. The maximum absolute atomic E-state index is 13.3. The molecular formula is C22H21F3N4O. The third-order valence-corrected chi connectivity index (χ3v) is 5.32. The highest BCUT2D eigenvalue weighted by Gasteiger charge is 2.34. The zero-order chi connectivity index (χ0) is 21.1. The molecule has 5 nitrogen and oxygen atoms in total. The molecule has 1 aromatic carbocycles. The summed E-state index contributed by atoms with van der Waals surface area (Å²) in [5.74, 6) is -0.170. The quantitative estimate of drug-likeness (QED) is 0.644. The van der Waals surface area contributed by atoms with Crippen molar-refractivity contribution in [2.24, 2.45) is 0 Å². The highest BCUT2D eigenvalue weighted by molar-refractivity contribution is 5.94. The fourth-order valence-corrected chi connectivity index (χ4v) is 3.88. The number of carbonyl (C=O) groups is 1. The summed E-state index contributed by atoms with van der Waals surface area (Å²) >= 11 is 0. The number of carbonyl (C=O) groups excluding carboxylic acids is 1. The number of anilines is 1. The Labute approximate surface area is 171 Å². The van der Waals surface area contributed by atoms with Crippen LogP contribution in [0.3, 0.4) is 0 Å². The predicted molar refractivity (Wildman–Crippen MR) is 108 cm³/mol. The Morgan fingerprint density at radius 1 is 1.03 bits per heavy atom. The topological polar surface area (TPSA) is 66.9 Å². The number of alkyl halides is 3. The number of fused-ring (bicyclic) bond motifs is 1. The summed E-state index contributed by atoms with van der Waals surface area (Å²) in [6.07, 6.45) is 1.76. The number of aromatic nitrogens is 2. The number of para-hydroxylation sites is 1. The minimum Gasteiger partial charge on any atom is -0.382 e. The Bertz CT molecular complexity index is 1040. The molecule has 156 valence electrons. The van der Waals surface area contributed by atoms with Crippen molar-refractivity contribution < 1.29 is 18.0 Å². The number of halogens is 3. The van der Waals surface area contributed by atoms with Crippen molar-refractivity contribution in [3.63, 3.8) is 0 Å². The van der Waals surface area contributed by atoms with Crippen LogP contribution in [-0.2, 0) is 6.18 Å². The first-order chi connectivity index (χ1) is 14.4. The lowest BCUT2D eigenvalue weighted by Gasteiger charge is -2.31. The van der Waals surface area contributed by atoms with E-state index in [9.17, 15) is 18.0 Å². The number of nitrogens with one attached hydrogen (secondary N) is 2. The van der Waals surface area contributed by atoms with Crippen LogP contribution in [0.25, 0.3) is 10.9 Å². The summed E-state index contributed by atoms with van der Waals surface area (Å²) in [5.41, 5.74) is 0.337. The summed E-state index contributed by atoms with van der Waals surface area (Å²) in [6.45, 7) is 0. The summed E-state index contributed by atoms with van der Waals surface area (Å²) in [5, 5.41) is 6.95. The Morgan fingerprint density at radius 2 is 1.77 bits per heavy atom. The number of amides is 1. The summed E-state index contributed by atoms with van der Waals surface area (Å²) in [6, 6.07) is 11.1. The standard InChI is InChI=1S/C22H21F3N4O/c23-22(24,25)20-13-19(17-6-1-2-7-18(17)29-20)27-15-4-3-5-16(12-15)28-21(30)14-8-10-26-11-9-14/h1-2,6-11,13,15-16H,3-5,12H2,(H,27,29)(H,28,30)/t15-,16+/m0/s1. The first-order valence-corrected chi connectivity index (χ1v) is 9.84. The van der Waals surface area contributed by atoms with Crippen molar-refractivity contribution in [1.82, 2.24) is 15.3 Å². The highest BCUT2D eigenvalue weighted by Crippen LogP contribution is 2.34. The van der Waals surface area contributed by atoms with Gasteiger partial charge < -0.3 is 10.6 Å². The molecule has 30 heavy (non-hydrogen) atoms. The first kappa shape index (κ1) is 20.1. The molecule has 8 heteroatoms. The van der Waals surface area contributed by atoms with E-state index in [1.807, 2.05) is 0 Å². The maximum Gasteiger partial charge on any atom is 0.433 e. The van der Waals surface area contributed by atoms with Gasteiger partial charge in [-0.3, -0.25) is 9.78 Å². The van der Waals surface area contributed by atoms with Crippen molar-refractivity contribution in [3.8, 4) is 0 Å². The molecule has 4 rings (SSSR count). The molecule has 1 amide bonds. The van der Waals surface area contributed by atoms with Crippen molar-refractivity contribution >= 4 is 22.5 Å². The molecule has 0 unspecified atom stereocenters. The summed E-state index contributed by atoms with van der Waals surface area (Å²) in [7, 11) is 0. The molecule has 1 aliphatic rings. The van der Waals surface area contributed by atoms with Gasteiger partial charge >= 0.3 is 6.18 Å². The lowest BCUT2D eigenvalue weighted by molar-refractivity contribution is -0.140. The van der Waals surface area contributed by atoms with Gasteiger partial charge in [-0.2, -0.15) is 13.2 Å². The second kappa shape index (κ2) is 8.30. The van der Waals surface area contributed by atoms with Crippen molar-refractivity contribution in [3.05, 3.63) is 66.1 Å². The van der Waals surface area contributed by atoms with E-state index >= 15 is 0 Å². The van der Waals surface area contributed by atoms with Crippen LogP contribution >= 0.6 is 0 Å². The van der Waals surface area contributed by atoms with E-state index in [-0.39, 0.29) is 18.0 Å². The third-order valence-electron chi connectivity index (χ3n) is 5.32. The first-order valence-electron chi connectivity index (χ1n) is 9.84. The fraction of sp³-hybridized carbons (Fsp3) is 0.318. The van der Waals surface area contributed by atoms with E-state index in [2.05, 4.69) is 20.6 Å². The van der Waals surface area contributed by atoms with E-state index in [0.717, 1.165) is 25.3 Å². The molecule has 0 bridgehead atoms. The van der Waals surface area contributed by atoms with E-state index < -0.39 is 11.9 Å². The van der Waals surface area contributed by atoms with E-state index in [0.29, 0.717) is 28.6 Å². The molecule has 1 aliphatic carbocycles. The minimum atomic E-state index is -4.52. The van der Waals surface area contributed by atoms with E-state index in [1.165, 1.54) is 0 Å². The van der Waals surface area contributed by atoms with Crippen LogP contribution in [0.2, 0.25) is 0 Å². The molecule has 1 saturated carbocycles. The van der Waals surface area contributed by atoms with Gasteiger partial charge in [0.05, 0.1) is 5.52 Å². The average molecular weight is 414 g/mol. The Balaban J connectivity index is 1.51. The van der Waals surface area contributed by atoms with Gasteiger partial charge in [0.1, 0.15) is 5.69 Å². The van der Waals surface area contributed by atoms with Crippen molar-refractivity contribution in [1.29, 1.82) is 0 Å². The van der Waals surface area contributed by atoms with E-state index in [1.54, 1.807) is 48.8 Å². The van der Waals surface area contributed by atoms with Crippen molar-refractivity contribution in [2.45, 2.75) is 43.9 Å². The largest absolute Gasteiger partial charge is 0.433 e. The zero-order valence-corrected chi connectivity index (χ0v) is 16.1. The van der Waals surface area contributed by atoms with Crippen LogP contribution in [0.5, 0.6) is 0 Å². The number of benzene rings is 1. The Kier molecular flexibility index (Phi) is 5.57. The molecule has 0 saturated heterocycles. The molecule has 3 aromatic rings. The number of pyridine rings is 2. The van der Waals surface area contributed by atoms with Gasteiger partial charge in [0.15, 0.2) is 0 Å². The van der Waals surface area contributed by atoms with Crippen LogP contribution in [-0.4, -0.2) is 28.0 Å². The molecule has 2 atom stereocenters. The number of rotatable bonds is 4. The number of hydrogen-bond donors (Lipinski definition) is 2. The normalized spacial score (nSPS) is 19.4. The minimum absolute atomic E-state index is 0.0478. The number of hydrogen-bond acceptors (Lipinski definition) is 4. The van der Waals surface area contributed by atoms with Crippen LogP contribution < -0.4 is 10.6 Å². The van der Waals surface area contributed by atoms with Gasteiger partial charge in [-0.05, 0) is 49.9 Å². The SMILES string of the molecule is O=C(N[C@@H]1CCC[C@H](Nc2cc(C(F)(F)F)nc3ccccc23)C1)c1ccncc1. The lowest BCUT2D eigenvalue weighted by atomic mass is 9.90. The molecule has 2 heterocycles. The molecule has 0 aliphatic heterocycles. The molecule has 1 fully saturated rings. The molecule has 2 aromatic heterocycles. The smallest absolute Gasteiger partial charge is 0.382 e. The van der Waals surface area contributed by atoms with Crippen LogP contribution in [0.4, 0.5) is 18.9 Å². The van der Waals surface area contributed by atoms with Crippen LogP contribution in [0.1, 0.15) is 41.7 Å². The Hall–Kier alpha value is -3.16. The Morgan fingerprint density at radius 3 is 2.53 bits per heavy atom. The second-order valence-electron chi connectivity index (χ2n) is 7.48. The average Bonchev–Trinajstić information content (AvgIpc) is 2.74. The van der Waals surface area contributed by atoms with Gasteiger partial charge in [0.2, 0.25) is 0 Å². The second-order valence-corrected chi connectivity index (χ2v) is 7.48. The van der Waals surface area contributed by atoms with Crippen LogP contribution in [0, 0.1) is 0 Å². The van der Waals surface area contributed by atoms with Gasteiger partial charge in [-0.15, -0.1) is 0 Å². The summed E-state index contributed by atoms with van der Waals surface area (Å²) in [4.78, 5) is 20.1. The van der Waals surface area contributed by atoms with Gasteiger partial charge in [-0.25, -0.2) is 4.98 Å². The lowest BCUT2D eigenvalue weighted by Crippen LogP contribution is -2.41. The summed E-state index contributed by atoms with van der Waals surface area (Å²) < 4.78 is 39.9. The van der Waals surface area contributed by atoms with E-state index in [4.69, 9.17) is 0 Å². The molecular weight excluding hydrogens is 393 g/mol.